The molecule has 0 atom stereocenters. The van der Waals surface area contributed by atoms with Gasteiger partial charge in [0.25, 0.3) is 0 Å². The first kappa shape index (κ1) is 13.3. The van der Waals surface area contributed by atoms with Crippen molar-refractivity contribution in [2.24, 2.45) is 0 Å². The van der Waals surface area contributed by atoms with Crippen LogP contribution in [-0.4, -0.2) is 15.3 Å². The Labute approximate surface area is 128 Å². The molecule has 0 aliphatic heterocycles. The van der Waals surface area contributed by atoms with Gasteiger partial charge in [0, 0.05) is 27.9 Å². The fourth-order valence-electron chi connectivity index (χ4n) is 1.99. The van der Waals surface area contributed by atoms with E-state index in [0.717, 1.165) is 26.4 Å². The number of carbonyl (C=O) groups is 1. The Kier molecular flexibility index (Phi) is 3.58. The number of halogens is 1. The molecule has 0 radical (unpaired) electrons. The molecule has 1 aromatic carbocycles. The van der Waals surface area contributed by atoms with Gasteiger partial charge in [-0.25, -0.2) is 4.98 Å². The van der Waals surface area contributed by atoms with Gasteiger partial charge >= 0.3 is 0 Å². The van der Waals surface area contributed by atoms with Gasteiger partial charge in [0.05, 0.1) is 12.1 Å². The number of hydrogen-bond donors (Lipinski definition) is 1. The van der Waals surface area contributed by atoms with Crippen molar-refractivity contribution >= 4 is 43.8 Å². The molecule has 4 nitrogen and oxygen atoms in total. The van der Waals surface area contributed by atoms with Crippen LogP contribution in [0.5, 0.6) is 0 Å². The van der Waals surface area contributed by atoms with Gasteiger partial charge in [0.1, 0.15) is 0 Å². The fourth-order valence-corrected chi connectivity index (χ4v) is 3.18. The minimum atomic E-state index is -0.0545. The summed E-state index contributed by atoms with van der Waals surface area (Å²) in [7, 11) is 0. The smallest absolute Gasteiger partial charge is 0.230 e. The van der Waals surface area contributed by atoms with E-state index in [9.17, 15) is 4.79 Å². The van der Waals surface area contributed by atoms with Gasteiger partial charge in [0.2, 0.25) is 5.91 Å². The molecule has 20 heavy (non-hydrogen) atoms. The van der Waals surface area contributed by atoms with Crippen LogP contribution in [0, 0.1) is 6.92 Å². The van der Waals surface area contributed by atoms with Crippen LogP contribution in [-0.2, 0) is 11.2 Å². The van der Waals surface area contributed by atoms with Crippen molar-refractivity contribution in [3.05, 3.63) is 51.7 Å². The maximum Gasteiger partial charge on any atom is 0.230 e. The molecule has 102 valence electrons. The van der Waals surface area contributed by atoms with Gasteiger partial charge in [-0.1, -0.05) is 15.9 Å². The summed E-state index contributed by atoms with van der Waals surface area (Å²) in [6, 6.07) is 5.78. The summed E-state index contributed by atoms with van der Waals surface area (Å²) in [5.74, 6) is -0.0545. The zero-order valence-corrected chi connectivity index (χ0v) is 13.2. The molecule has 2 aromatic heterocycles. The van der Waals surface area contributed by atoms with E-state index >= 15 is 0 Å². The molecule has 1 amide bonds. The minimum Gasteiger partial charge on any atom is -0.326 e. The van der Waals surface area contributed by atoms with E-state index in [2.05, 4.69) is 26.2 Å². The second-order valence-corrected chi connectivity index (χ2v) is 6.30. The number of aromatic nitrogens is 2. The number of benzene rings is 1. The molecular formula is C14H12BrN3OS. The monoisotopic (exact) mass is 349 g/mol. The summed E-state index contributed by atoms with van der Waals surface area (Å²) in [6.07, 6.45) is 4.11. The molecule has 0 aliphatic carbocycles. The van der Waals surface area contributed by atoms with Gasteiger partial charge < -0.3 is 5.32 Å². The molecule has 1 N–H and O–H groups in total. The lowest BCUT2D eigenvalue weighted by molar-refractivity contribution is -0.115. The molecule has 0 saturated heterocycles. The van der Waals surface area contributed by atoms with Crippen LogP contribution in [0.3, 0.4) is 0 Å². The number of anilines is 1. The second kappa shape index (κ2) is 5.38. The molecule has 0 aliphatic rings. The van der Waals surface area contributed by atoms with Crippen LogP contribution in [0.15, 0.2) is 40.4 Å². The summed E-state index contributed by atoms with van der Waals surface area (Å²) in [4.78, 5) is 17.4. The van der Waals surface area contributed by atoms with Crippen molar-refractivity contribution in [2.75, 3.05) is 5.32 Å². The zero-order chi connectivity index (χ0) is 14.1. The SMILES string of the molecule is Cc1cc(Br)ccc1NC(=O)Cc1cn2ccsc2n1. The Morgan fingerprint density at radius 2 is 2.35 bits per heavy atom. The van der Waals surface area contributed by atoms with E-state index in [-0.39, 0.29) is 12.3 Å². The van der Waals surface area contributed by atoms with E-state index in [4.69, 9.17) is 0 Å². The van der Waals surface area contributed by atoms with Crippen molar-refractivity contribution < 1.29 is 4.79 Å². The standard InChI is InChI=1S/C14H12BrN3OS/c1-9-6-10(15)2-3-12(9)17-13(19)7-11-8-18-4-5-20-14(18)16-11/h2-6,8H,7H2,1H3,(H,17,19). The molecule has 0 bridgehead atoms. The molecule has 6 heteroatoms. The quantitative estimate of drug-likeness (QED) is 0.784. The van der Waals surface area contributed by atoms with Crippen molar-refractivity contribution in [2.45, 2.75) is 13.3 Å². The number of fused-ring (bicyclic) bond motifs is 1. The highest BCUT2D eigenvalue weighted by molar-refractivity contribution is 9.10. The molecular weight excluding hydrogens is 338 g/mol. The van der Waals surface area contributed by atoms with Crippen LogP contribution in [0.4, 0.5) is 5.69 Å². The lowest BCUT2D eigenvalue weighted by atomic mass is 10.2. The van der Waals surface area contributed by atoms with Gasteiger partial charge in [0.15, 0.2) is 4.96 Å². The second-order valence-electron chi connectivity index (χ2n) is 4.51. The predicted octanol–water partition coefficient (Wildman–Crippen LogP) is 3.65. The first-order chi connectivity index (χ1) is 9.61. The van der Waals surface area contributed by atoms with Crippen LogP contribution in [0.25, 0.3) is 4.96 Å². The Bertz CT molecular complexity index is 749. The largest absolute Gasteiger partial charge is 0.326 e. The Morgan fingerprint density at radius 3 is 3.10 bits per heavy atom. The molecule has 0 spiro atoms. The summed E-state index contributed by atoms with van der Waals surface area (Å²) < 4.78 is 2.93. The highest BCUT2D eigenvalue weighted by atomic mass is 79.9. The number of aryl methyl sites for hydroxylation is 1. The highest BCUT2D eigenvalue weighted by Gasteiger charge is 2.09. The van der Waals surface area contributed by atoms with Crippen LogP contribution in [0.2, 0.25) is 0 Å². The number of imidazole rings is 1. The molecule has 0 fully saturated rings. The summed E-state index contributed by atoms with van der Waals surface area (Å²) in [5, 5.41) is 4.89. The van der Waals surface area contributed by atoms with E-state index in [1.807, 2.05) is 47.3 Å². The van der Waals surface area contributed by atoms with Crippen LogP contribution >= 0.6 is 27.3 Å². The molecule has 0 unspecified atom stereocenters. The van der Waals surface area contributed by atoms with Gasteiger partial charge in [-0.2, -0.15) is 0 Å². The third-order valence-corrected chi connectivity index (χ3v) is 4.21. The number of nitrogens with zero attached hydrogens (tertiary/aromatic N) is 2. The van der Waals surface area contributed by atoms with Crippen molar-refractivity contribution in [3.63, 3.8) is 0 Å². The number of amides is 1. The third kappa shape index (κ3) is 2.76. The predicted molar refractivity (Wildman–Crippen MR) is 84.3 cm³/mol. The van der Waals surface area contributed by atoms with Gasteiger partial charge in [-0.15, -0.1) is 11.3 Å². The van der Waals surface area contributed by atoms with E-state index in [1.165, 1.54) is 0 Å². The lowest BCUT2D eigenvalue weighted by Crippen LogP contribution is -2.15. The normalized spacial score (nSPS) is 10.9. The van der Waals surface area contributed by atoms with E-state index < -0.39 is 0 Å². The van der Waals surface area contributed by atoms with Crippen LogP contribution < -0.4 is 5.32 Å². The number of rotatable bonds is 3. The maximum absolute atomic E-state index is 12.0. The lowest BCUT2D eigenvalue weighted by Gasteiger charge is -2.07. The molecule has 3 aromatic rings. The summed E-state index contributed by atoms with van der Waals surface area (Å²) in [5.41, 5.74) is 2.64. The topological polar surface area (TPSA) is 46.4 Å². The Hall–Kier alpha value is -1.66. The first-order valence-corrected chi connectivity index (χ1v) is 7.76. The Morgan fingerprint density at radius 1 is 1.50 bits per heavy atom. The first-order valence-electron chi connectivity index (χ1n) is 6.09. The summed E-state index contributed by atoms with van der Waals surface area (Å²) in [6.45, 7) is 1.97. The molecule has 3 rings (SSSR count). The van der Waals surface area contributed by atoms with Crippen molar-refractivity contribution in [3.8, 4) is 0 Å². The van der Waals surface area contributed by atoms with Crippen LogP contribution in [0.1, 0.15) is 11.3 Å². The average molecular weight is 350 g/mol. The number of hydrogen-bond acceptors (Lipinski definition) is 3. The van der Waals surface area contributed by atoms with Gasteiger partial charge in [-0.05, 0) is 30.7 Å². The van der Waals surface area contributed by atoms with Gasteiger partial charge in [-0.3, -0.25) is 9.20 Å². The van der Waals surface area contributed by atoms with Crippen molar-refractivity contribution in [1.29, 1.82) is 0 Å². The Balaban J connectivity index is 1.71. The van der Waals surface area contributed by atoms with E-state index in [1.54, 1.807) is 11.3 Å². The van der Waals surface area contributed by atoms with E-state index in [0.29, 0.717) is 0 Å². The fraction of sp³-hybridized carbons (Fsp3) is 0.143. The van der Waals surface area contributed by atoms with Crippen molar-refractivity contribution in [1.82, 2.24) is 9.38 Å². The average Bonchev–Trinajstić information content (AvgIpc) is 2.93. The number of thiazole rings is 1. The molecule has 2 heterocycles. The number of nitrogens with one attached hydrogen (secondary N) is 1. The third-order valence-electron chi connectivity index (χ3n) is 2.95. The number of carbonyl (C=O) groups excluding carboxylic acids is 1. The minimum absolute atomic E-state index is 0.0545. The highest BCUT2D eigenvalue weighted by Crippen LogP contribution is 2.20. The zero-order valence-electron chi connectivity index (χ0n) is 10.8. The summed E-state index contributed by atoms with van der Waals surface area (Å²) >= 11 is 4.97. The maximum atomic E-state index is 12.0. The molecule has 0 saturated carbocycles.